The summed E-state index contributed by atoms with van der Waals surface area (Å²) in [6.07, 6.45) is 3.36. The van der Waals surface area contributed by atoms with Crippen molar-refractivity contribution in [2.24, 2.45) is 7.05 Å². The van der Waals surface area contributed by atoms with Crippen molar-refractivity contribution < 1.29 is 8.42 Å². The number of nitrogens with zero attached hydrogens (tertiary/aromatic N) is 2. The number of nitrogen functional groups attached to an aromatic ring is 1. The van der Waals surface area contributed by atoms with E-state index in [1.807, 2.05) is 0 Å². The maximum absolute atomic E-state index is 12.1. The van der Waals surface area contributed by atoms with E-state index in [4.69, 9.17) is 5.73 Å². The van der Waals surface area contributed by atoms with Gasteiger partial charge in [-0.25, -0.2) is 13.1 Å². The van der Waals surface area contributed by atoms with Crippen LogP contribution in [0.15, 0.2) is 40.0 Å². The Morgan fingerprint density at radius 2 is 2.21 bits per heavy atom. The summed E-state index contributed by atoms with van der Waals surface area (Å²) in [5.74, 6) is 0. The number of benzene rings is 1. The second kappa shape index (κ2) is 5.32. The number of sulfonamides is 1. The van der Waals surface area contributed by atoms with E-state index in [9.17, 15) is 8.42 Å². The molecule has 0 aliphatic carbocycles. The number of hydrogen-bond acceptors (Lipinski definition) is 4. The summed E-state index contributed by atoms with van der Waals surface area (Å²) < 4.78 is 28.8. The fraction of sp³-hybridized carbons (Fsp3) is 0.182. The number of halogens is 1. The van der Waals surface area contributed by atoms with Crippen molar-refractivity contribution in [1.82, 2.24) is 14.5 Å². The molecule has 0 bridgehead atoms. The minimum atomic E-state index is -3.56. The monoisotopic (exact) mass is 344 g/mol. The Labute approximate surface area is 119 Å². The Kier molecular flexibility index (Phi) is 3.93. The molecule has 0 saturated heterocycles. The maximum Gasteiger partial charge on any atom is 0.240 e. The molecule has 2 aromatic rings. The maximum atomic E-state index is 12.1. The van der Waals surface area contributed by atoms with Crippen LogP contribution in [0.25, 0.3) is 0 Å². The molecule has 0 spiro atoms. The zero-order valence-electron chi connectivity index (χ0n) is 10.2. The van der Waals surface area contributed by atoms with E-state index in [1.165, 1.54) is 12.1 Å². The van der Waals surface area contributed by atoms with E-state index >= 15 is 0 Å². The summed E-state index contributed by atoms with van der Waals surface area (Å²) in [7, 11) is -1.79. The number of aryl methyl sites for hydroxylation is 1. The average molecular weight is 345 g/mol. The summed E-state index contributed by atoms with van der Waals surface area (Å²) in [4.78, 5) is 0.164. The van der Waals surface area contributed by atoms with Gasteiger partial charge < -0.3 is 5.73 Å². The molecule has 0 amide bonds. The van der Waals surface area contributed by atoms with Crippen LogP contribution in [-0.2, 0) is 23.6 Å². The molecule has 0 unspecified atom stereocenters. The first kappa shape index (κ1) is 14.0. The molecular weight excluding hydrogens is 332 g/mol. The highest BCUT2D eigenvalue weighted by atomic mass is 79.9. The molecule has 1 aromatic heterocycles. The lowest BCUT2D eigenvalue weighted by atomic mass is 10.3. The predicted octanol–water partition coefficient (Wildman–Crippen LogP) is 1.24. The molecule has 0 aliphatic heterocycles. The van der Waals surface area contributed by atoms with E-state index in [0.717, 1.165) is 5.56 Å². The number of hydrogen-bond donors (Lipinski definition) is 2. The zero-order chi connectivity index (χ0) is 14.0. The molecule has 6 nitrogen and oxygen atoms in total. The van der Waals surface area contributed by atoms with Crippen molar-refractivity contribution >= 4 is 31.6 Å². The van der Waals surface area contributed by atoms with Crippen LogP contribution in [-0.4, -0.2) is 18.2 Å². The van der Waals surface area contributed by atoms with E-state index in [1.54, 1.807) is 30.2 Å². The first-order valence-electron chi connectivity index (χ1n) is 5.41. The van der Waals surface area contributed by atoms with Crippen LogP contribution >= 0.6 is 15.9 Å². The third kappa shape index (κ3) is 3.34. The smallest absolute Gasteiger partial charge is 0.240 e. The first-order valence-corrected chi connectivity index (χ1v) is 7.68. The van der Waals surface area contributed by atoms with Crippen molar-refractivity contribution in [1.29, 1.82) is 0 Å². The van der Waals surface area contributed by atoms with Crippen LogP contribution in [0.4, 0.5) is 5.69 Å². The molecule has 0 fully saturated rings. The molecule has 8 heteroatoms. The van der Waals surface area contributed by atoms with Crippen molar-refractivity contribution in [3.8, 4) is 0 Å². The second-order valence-corrected chi connectivity index (χ2v) is 6.65. The Bertz CT molecular complexity index is 696. The molecule has 1 aromatic carbocycles. The highest BCUT2D eigenvalue weighted by Crippen LogP contribution is 2.22. The minimum absolute atomic E-state index is 0.164. The molecule has 0 radical (unpaired) electrons. The molecule has 0 saturated carbocycles. The van der Waals surface area contributed by atoms with Crippen LogP contribution in [0.3, 0.4) is 0 Å². The number of rotatable bonds is 4. The Balaban J connectivity index is 2.16. The van der Waals surface area contributed by atoms with Crippen LogP contribution in [0.2, 0.25) is 0 Å². The zero-order valence-corrected chi connectivity index (χ0v) is 12.6. The predicted molar refractivity (Wildman–Crippen MR) is 75.8 cm³/mol. The number of nitrogens with one attached hydrogen (secondary N) is 1. The van der Waals surface area contributed by atoms with Gasteiger partial charge in [0.25, 0.3) is 0 Å². The lowest BCUT2D eigenvalue weighted by Gasteiger charge is -2.07. The molecule has 0 atom stereocenters. The van der Waals surface area contributed by atoms with Gasteiger partial charge in [-0.3, -0.25) is 4.68 Å². The van der Waals surface area contributed by atoms with Crippen molar-refractivity contribution in [3.63, 3.8) is 0 Å². The van der Waals surface area contributed by atoms with Gasteiger partial charge in [0.15, 0.2) is 0 Å². The van der Waals surface area contributed by atoms with Gasteiger partial charge in [0.05, 0.1) is 11.1 Å². The molecule has 2 rings (SSSR count). The standard InChI is InChI=1S/C11H13BrN4O2S/c1-16-7-8(5-14-16)6-15-19(17,18)9-2-3-11(13)10(12)4-9/h2-5,7,15H,6,13H2,1H3. The van der Waals surface area contributed by atoms with Crippen molar-refractivity contribution in [2.45, 2.75) is 11.4 Å². The summed E-state index contributed by atoms with van der Waals surface area (Å²) in [5.41, 5.74) is 6.91. The summed E-state index contributed by atoms with van der Waals surface area (Å²) >= 11 is 3.21. The van der Waals surface area contributed by atoms with Gasteiger partial charge in [0, 0.05) is 35.5 Å². The van der Waals surface area contributed by atoms with E-state index < -0.39 is 10.0 Å². The average Bonchev–Trinajstić information content (AvgIpc) is 2.76. The Morgan fingerprint density at radius 1 is 1.47 bits per heavy atom. The first-order chi connectivity index (χ1) is 8.88. The Hall–Kier alpha value is -1.38. The molecule has 3 N–H and O–H groups in total. The third-order valence-electron chi connectivity index (χ3n) is 2.51. The number of aromatic nitrogens is 2. The molecule has 0 aliphatic rings. The van der Waals surface area contributed by atoms with Gasteiger partial charge in [-0.15, -0.1) is 0 Å². The fourth-order valence-electron chi connectivity index (χ4n) is 1.50. The van der Waals surface area contributed by atoms with E-state index in [0.29, 0.717) is 10.2 Å². The van der Waals surface area contributed by atoms with Gasteiger partial charge in [-0.05, 0) is 34.1 Å². The van der Waals surface area contributed by atoms with Crippen molar-refractivity contribution in [2.75, 3.05) is 5.73 Å². The Morgan fingerprint density at radius 3 is 2.79 bits per heavy atom. The normalized spacial score (nSPS) is 11.7. The topological polar surface area (TPSA) is 90.0 Å². The molecule has 102 valence electrons. The third-order valence-corrected chi connectivity index (χ3v) is 4.59. The SMILES string of the molecule is Cn1cc(CNS(=O)(=O)c2ccc(N)c(Br)c2)cn1. The fourth-order valence-corrected chi connectivity index (χ4v) is 3.07. The van der Waals surface area contributed by atoms with Gasteiger partial charge >= 0.3 is 0 Å². The highest BCUT2D eigenvalue weighted by molar-refractivity contribution is 9.10. The van der Waals surface area contributed by atoms with Crippen LogP contribution in [0.5, 0.6) is 0 Å². The number of nitrogens with two attached hydrogens (primary N) is 1. The van der Waals surface area contributed by atoms with Gasteiger partial charge in [-0.1, -0.05) is 0 Å². The van der Waals surface area contributed by atoms with Crippen LogP contribution < -0.4 is 10.5 Å². The molecule has 1 heterocycles. The number of anilines is 1. The largest absolute Gasteiger partial charge is 0.398 e. The molecule has 19 heavy (non-hydrogen) atoms. The quantitative estimate of drug-likeness (QED) is 0.816. The highest BCUT2D eigenvalue weighted by Gasteiger charge is 2.15. The van der Waals surface area contributed by atoms with Crippen LogP contribution in [0, 0.1) is 0 Å². The minimum Gasteiger partial charge on any atom is -0.398 e. The summed E-state index contributed by atoms with van der Waals surface area (Å²) in [6.45, 7) is 0.193. The van der Waals surface area contributed by atoms with E-state index in [2.05, 4.69) is 25.8 Å². The van der Waals surface area contributed by atoms with Gasteiger partial charge in [-0.2, -0.15) is 5.10 Å². The summed E-state index contributed by atoms with van der Waals surface area (Å²) in [5, 5.41) is 3.97. The van der Waals surface area contributed by atoms with Crippen molar-refractivity contribution in [3.05, 3.63) is 40.6 Å². The lowest BCUT2D eigenvalue weighted by Crippen LogP contribution is -2.23. The summed E-state index contributed by atoms with van der Waals surface area (Å²) in [6, 6.07) is 4.48. The van der Waals surface area contributed by atoms with E-state index in [-0.39, 0.29) is 11.4 Å². The lowest BCUT2D eigenvalue weighted by molar-refractivity contribution is 0.581. The van der Waals surface area contributed by atoms with Gasteiger partial charge in [0.1, 0.15) is 0 Å². The van der Waals surface area contributed by atoms with Crippen LogP contribution in [0.1, 0.15) is 5.56 Å². The van der Waals surface area contributed by atoms with Gasteiger partial charge in [0.2, 0.25) is 10.0 Å². The molecular formula is C11H13BrN4O2S. The second-order valence-electron chi connectivity index (χ2n) is 4.03.